The summed E-state index contributed by atoms with van der Waals surface area (Å²) in [6.07, 6.45) is 4.23. The zero-order chi connectivity index (χ0) is 21.4. The van der Waals surface area contributed by atoms with Gasteiger partial charge in [-0.15, -0.1) is 0 Å². The van der Waals surface area contributed by atoms with Gasteiger partial charge in [-0.05, 0) is 11.1 Å². The van der Waals surface area contributed by atoms with Gasteiger partial charge < -0.3 is 0 Å². The van der Waals surface area contributed by atoms with E-state index in [1.165, 1.54) is 0 Å². The van der Waals surface area contributed by atoms with Gasteiger partial charge in [0.15, 0.2) is 11.6 Å². The summed E-state index contributed by atoms with van der Waals surface area (Å²) < 4.78 is 0. The zero-order valence-electron chi connectivity index (χ0n) is 17.0. The number of fused-ring (bicyclic) bond motifs is 1. The van der Waals surface area contributed by atoms with Crippen LogP contribution < -0.4 is 0 Å². The maximum absolute atomic E-state index is 13.9. The Hall–Kier alpha value is -3.59. The van der Waals surface area contributed by atoms with Crippen LogP contribution in [0.15, 0.2) is 91.0 Å². The maximum Gasteiger partial charge on any atom is 0.178 e. The molecule has 0 amide bonds. The van der Waals surface area contributed by atoms with Crippen LogP contribution in [0.5, 0.6) is 0 Å². The van der Waals surface area contributed by atoms with Crippen LogP contribution in [0.4, 0.5) is 0 Å². The Morgan fingerprint density at radius 3 is 1.84 bits per heavy atom. The Morgan fingerprint density at radius 1 is 0.677 bits per heavy atom. The molecule has 31 heavy (non-hydrogen) atoms. The van der Waals surface area contributed by atoms with E-state index in [2.05, 4.69) is 0 Å². The number of carbonyl (C=O) groups excluding carboxylic acids is 3. The van der Waals surface area contributed by atoms with Gasteiger partial charge in [-0.3, -0.25) is 14.4 Å². The fraction of sp³-hybridized carbons (Fsp3) is 0.179. The highest BCUT2D eigenvalue weighted by Crippen LogP contribution is 2.57. The Labute approximate surface area is 181 Å². The topological polar surface area (TPSA) is 51.2 Å². The van der Waals surface area contributed by atoms with Crippen LogP contribution in [0.3, 0.4) is 0 Å². The molecular weight excluding hydrogens is 384 g/mol. The highest BCUT2D eigenvalue weighted by molar-refractivity contribution is 6.31. The number of allylic oxidation sites excluding steroid dienone is 1. The predicted octanol–water partition coefficient (Wildman–Crippen LogP) is 5.53. The third-order valence-corrected chi connectivity index (χ3v) is 6.70. The zero-order valence-corrected chi connectivity index (χ0v) is 17.0. The summed E-state index contributed by atoms with van der Waals surface area (Å²) in [5, 5.41) is 0. The van der Waals surface area contributed by atoms with Crippen molar-refractivity contribution in [3.8, 4) is 0 Å². The highest BCUT2D eigenvalue weighted by Gasteiger charge is 2.63. The van der Waals surface area contributed by atoms with Crippen LogP contribution in [-0.2, 0) is 4.79 Å². The molecule has 3 heteroatoms. The fourth-order valence-electron chi connectivity index (χ4n) is 5.30. The van der Waals surface area contributed by atoms with E-state index < -0.39 is 17.3 Å². The molecule has 0 bridgehead atoms. The summed E-state index contributed by atoms with van der Waals surface area (Å²) in [6, 6.07) is 26.4. The first-order valence-electron chi connectivity index (χ1n) is 10.6. The van der Waals surface area contributed by atoms with Gasteiger partial charge in [0.2, 0.25) is 0 Å². The number of ketones is 3. The van der Waals surface area contributed by atoms with E-state index in [0.29, 0.717) is 11.1 Å². The molecule has 1 fully saturated rings. The van der Waals surface area contributed by atoms with Crippen molar-refractivity contribution in [3.63, 3.8) is 0 Å². The lowest BCUT2D eigenvalue weighted by atomic mass is 9.55. The molecule has 0 aliphatic heterocycles. The molecule has 0 saturated heterocycles. The summed E-state index contributed by atoms with van der Waals surface area (Å²) in [5.41, 5.74) is 1.50. The van der Waals surface area contributed by atoms with Crippen molar-refractivity contribution in [1.82, 2.24) is 0 Å². The first-order chi connectivity index (χ1) is 15.1. The Morgan fingerprint density at radius 2 is 1.23 bits per heavy atom. The van der Waals surface area contributed by atoms with Gasteiger partial charge in [-0.2, -0.15) is 0 Å². The van der Waals surface area contributed by atoms with Crippen LogP contribution in [0, 0.1) is 11.3 Å². The average Bonchev–Trinajstić information content (AvgIpc) is 3.03. The van der Waals surface area contributed by atoms with Gasteiger partial charge in [0, 0.05) is 35.8 Å². The molecule has 0 radical (unpaired) electrons. The molecule has 3 nitrogen and oxygen atoms in total. The third kappa shape index (κ3) is 3.00. The molecule has 0 aromatic heterocycles. The molecule has 2 aliphatic carbocycles. The number of Topliss-reactive ketones (excluding diaryl/α,β-unsaturated/α-hetero) is 3. The number of carbonyl (C=O) groups is 3. The smallest absolute Gasteiger partial charge is 0.178 e. The largest absolute Gasteiger partial charge is 0.300 e. The predicted molar refractivity (Wildman–Crippen MR) is 120 cm³/mol. The Bertz CT molecular complexity index is 1160. The van der Waals surface area contributed by atoms with Crippen molar-refractivity contribution in [3.05, 3.63) is 113 Å². The summed E-state index contributed by atoms with van der Waals surface area (Å²) in [6.45, 7) is 0. The van der Waals surface area contributed by atoms with Crippen LogP contribution in [-0.4, -0.2) is 17.3 Å². The summed E-state index contributed by atoms with van der Waals surface area (Å²) in [7, 11) is 0. The number of rotatable bonds is 3. The molecule has 3 aromatic carbocycles. The maximum atomic E-state index is 13.9. The van der Waals surface area contributed by atoms with Crippen molar-refractivity contribution < 1.29 is 14.4 Å². The minimum atomic E-state index is -1.29. The molecular formula is C28H22O3. The SMILES string of the molecule is O=C1C[C@H](/C=C/c2ccccc2)C2(C(=O)c3ccccc3C2=O)[C@H](c2ccccc2)C1. The van der Waals surface area contributed by atoms with Gasteiger partial charge in [0.25, 0.3) is 0 Å². The van der Waals surface area contributed by atoms with Crippen molar-refractivity contribution in [2.24, 2.45) is 11.3 Å². The Balaban J connectivity index is 1.70. The molecule has 2 aliphatic rings. The highest BCUT2D eigenvalue weighted by atomic mass is 16.2. The third-order valence-electron chi connectivity index (χ3n) is 6.70. The fourth-order valence-corrected chi connectivity index (χ4v) is 5.30. The van der Waals surface area contributed by atoms with Crippen molar-refractivity contribution in [2.75, 3.05) is 0 Å². The molecule has 1 saturated carbocycles. The van der Waals surface area contributed by atoms with Crippen molar-refractivity contribution in [2.45, 2.75) is 18.8 Å². The molecule has 0 heterocycles. The van der Waals surface area contributed by atoms with E-state index in [1.54, 1.807) is 24.3 Å². The Kier molecular flexibility index (Phi) is 4.74. The van der Waals surface area contributed by atoms with Gasteiger partial charge >= 0.3 is 0 Å². The first-order valence-corrected chi connectivity index (χ1v) is 10.6. The van der Waals surface area contributed by atoms with E-state index in [1.807, 2.05) is 72.8 Å². The molecule has 1 spiro atoms. The van der Waals surface area contributed by atoms with Crippen LogP contribution in [0.2, 0.25) is 0 Å². The van der Waals surface area contributed by atoms with E-state index >= 15 is 0 Å². The van der Waals surface area contributed by atoms with Crippen LogP contribution in [0.1, 0.15) is 50.6 Å². The van der Waals surface area contributed by atoms with Crippen molar-refractivity contribution >= 4 is 23.4 Å². The van der Waals surface area contributed by atoms with Crippen LogP contribution >= 0.6 is 0 Å². The molecule has 0 N–H and O–H groups in total. The first kappa shape index (κ1) is 19.4. The summed E-state index contributed by atoms with van der Waals surface area (Å²) in [5.74, 6) is -1.20. The standard InChI is InChI=1S/C28H22O3/c29-22-17-21(16-15-19-9-3-1-4-10-19)28(25(18-22)20-11-5-2-6-12-20)26(30)23-13-7-8-14-24(23)27(28)31/h1-16,21,25H,17-18H2/b16-15+/t21-,25-/m0/s1. The molecule has 3 aromatic rings. The molecule has 152 valence electrons. The lowest BCUT2D eigenvalue weighted by Crippen LogP contribution is -2.50. The second-order valence-corrected chi connectivity index (χ2v) is 8.36. The minimum absolute atomic E-state index is 0.0822. The molecule has 2 atom stereocenters. The van der Waals surface area contributed by atoms with Crippen molar-refractivity contribution in [1.29, 1.82) is 0 Å². The lowest BCUT2D eigenvalue weighted by molar-refractivity contribution is -0.123. The quantitative estimate of drug-likeness (QED) is 0.538. The second-order valence-electron chi connectivity index (χ2n) is 8.36. The second kappa shape index (κ2) is 7.59. The van der Waals surface area contributed by atoms with E-state index in [0.717, 1.165) is 11.1 Å². The van der Waals surface area contributed by atoms with Gasteiger partial charge in [0.1, 0.15) is 11.2 Å². The van der Waals surface area contributed by atoms with Gasteiger partial charge in [0.05, 0.1) is 0 Å². The van der Waals surface area contributed by atoms with E-state index in [-0.39, 0.29) is 30.2 Å². The molecule has 5 rings (SSSR count). The number of hydrogen-bond donors (Lipinski definition) is 0. The van der Waals surface area contributed by atoms with Gasteiger partial charge in [-0.1, -0.05) is 97.1 Å². The monoisotopic (exact) mass is 406 g/mol. The number of hydrogen-bond acceptors (Lipinski definition) is 3. The van der Waals surface area contributed by atoms with E-state index in [4.69, 9.17) is 0 Å². The summed E-state index contributed by atoms with van der Waals surface area (Å²) >= 11 is 0. The average molecular weight is 406 g/mol. The molecule has 0 unspecified atom stereocenters. The van der Waals surface area contributed by atoms with Crippen LogP contribution in [0.25, 0.3) is 6.08 Å². The van der Waals surface area contributed by atoms with Gasteiger partial charge in [-0.25, -0.2) is 0 Å². The summed E-state index contributed by atoms with van der Waals surface area (Å²) in [4.78, 5) is 40.7. The normalized spacial score (nSPS) is 22.3. The van der Waals surface area contributed by atoms with E-state index in [9.17, 15) is 14.4 Å². The minimum Gasteiger partial charge on any atom is -0.300 e. The number of benzene rings is 3. The lowest BCUT2D eigenvalue weighted by Gasteiger charge is -2.43.